The standard InChI is InChI=1S/C19H24N4O3S2/c1-4-11-23-17(15-8-6-5-7-9-15)20-21-19(23)27-14(2)18(24)22(3)16-10-12-28(25,26)13-16/h4-9,14,16H,1,10-13H2,2-3H3/t14-,16+/m0/s1. The molecule has 2 heterocycles. The van der Waals surface area contributed by atoms with Crippen LogP contribution in [0.2, 0.25) is 0 Å². The summed E-state index contributed by atoms with van der Waals surface area (Å²) < 4.78 is 25.3. The molecule has 0 N–H and O–H groups in total. The zero-order chi connectivity index (χ0) is 20.3. The SMILES string of the molecule is C=CCn1c(S[C@@H](C)C(=O)N(C)[C@@H]2CCS(=O)(=O)C2)nnc1-c1ccccc1. The average Bonchev–Trinajstić information content (AvgIpc) is 3.24. The maximum atomic E-state index is 12.8. The molecule has 0 unspecified atom stereocenters. The Hall–Kier alpha value is -2.13. The molecule has 1 aromatic heterocycles. The van der Waals surface area contributed by atoms with Crippen molar-refractivity contribution in [2.24, 2.45) is 0 Å². The van der Waals surface area contributed by atoms with Crippen molar-refractivity contribution >= 4 is 27.5 Å². The Balaban J connectivity index is 1.76. The van der Waals surface area contributed by atoms with Gasteiger partial charge in [0.05, 0.1) is 16.8 Å². The molecule has 0 spiro atoms. The number of hydrogen-bond donors (Lipinski definition) is 0. The lowest BCUT2D eigenvalue weighted by atomic mass is 10.2. The Morgan fingerprint density at radius 1 is 1.39 bits per heavy atom. The lowest BCUT2D eigenvalue weighted by Gasteiger charge is -2.26. The molecule has 1 fully saturated rings. The number of rotatable bonds is 7. The molecule has 0 saturated carbocycles. The van der Waals surface area contributed by atoms with E-state index < -0.39 is 15.1 Å². The quantitative estimate of drug-likeness (QED) is 0.505. The van der Waals surface area contributed by atoms with Crippen LogP contribution >= 0.6 is 11.8 Å². The van der Waals surface area contributed by atoms with Crippen LogP contribution in [0.15, 0.2) is 48.1 Å². The molecule has 1 aliphatic rings. The van der Waals surface area contributed by atoms with Crippen LogP contribution in [0, 0.1) is 0 Å². The molecule has 0 aliphatic carbocycles. The third-order valence-corrected chi connectivity index (χ3v) is 7.61. The number of amides is 1. The van der Waals surface area contributed by atoms with E-state index in [1.165, 1.54) is 11.8 Å². The Bertz CT molecular complexity index is 957. The largest absolute Gasteiger partial charge is 0.341 e. The molecule has 3 rings (SSSR count). The van der Waals surface area contributed by atoms with Gasteiger partial charge in [-0.05, 0) is 13.3 Å². The number of allylic oxidation sites excluding steroid dienone is 1. The van der Waals surface area contributed by atoms with Crippen LogP contribution in [0.25, 0.3) is 11.4 Å². The van der Waals surface area contributed by atoms with Gasteiger partial charge in [0.15, 0.2) is 20.8 Å². The van der Waals surface area contributed by atoms with Crippen LogP contribution in [0.1, 0.15) is 13.3 Å². The first-order valence-corrected chi connectivity index (χ1v) is 11.8. The zero-order valence-electron chi connectivity index (χ0n) is 16.0. The highest BCUT2D eigenvalue weighted by atomic mass is 32.2. The summed E-state index contributed by atoms with van der Waals surface area (Å²) in [5, 5.41) is 8.79. The third-order valence-electron chi connectivity index (χ3n) is 4.79. The molecular formula is C19H24N4O3S2. The van der Waals surface area contributed by atoms with E-state index in [1.54, 1.807) is 18.0 Å². The van der Waals surface area contributed by atoms with E-state index in [2.05, 4.69) is 16.8 Å². The van der Waals surface area contributed by atoms with Crippen LogP contribution in [-0.4, -0.2) is 63.8 Å². The van der Waals surface area contributed by atoms with Gasteiger partial charge in [0, 0.05) is 25.2 Å². The molecule has 150 valence electrons. The number of carbonyl (C=O) groups is 1. The fourth-order valence-electron chi connectivity index (χ4n) is 3.23. The van der Waals surface area contributed by atoms with Crippen LogP contribution in [-0.2, 0) is 21.2 Å². The molecule has 0 radical (unpaired) electrons. The summed E-state index contributed by atoms with van der Waals surface area (Å²) in [6.07, 6.45) is 2.26. The molecule has 1 saturated heterocycles. The van der Waals surface area contributed by atoms with Crippen LogP contribution in [0.4, 0.5) is 0 Å². The second-order valence-corrected chi connectivity index (χ2v) is 10.4. The van der Waals surface area contributed by atoms with Crippen molar-refractivity contribution in [3.8, 4) is 11.4 Å². The average molecular weight is 421 g/mol. The van der Waals surface area contributed by atoms with E-state index in [0.717, 1.165) is 11.4 Å². The Kier molecular flexibility index (Phi) is 6.24. The normalized spacial score (nSPS) is 19.3. The molecule has 2 atom stereocenters. The van der Waals surface area contributed by atoms with Crippen molar-refractivity contribution in [3.05, 3.63) is 43.0 Å². The monoisotopic (exact) mass is 420 g/mol. The molecule has 1 aromatic carbocycles. The molecule has 28 heavy (non-hydrogen) atoms. The third kappa shape index (κ3) is 4.47. The van der Waals surface area contributed by atoms with Gasteiger partial charge in [-0.3, -0.25) is 9.36 Å². The highest BCUT2D eigenvalue weighted by molar-refractivity contribution is 8.00. The number of benzene rings is 1. The second-order valence-electron chi connectivity index (χ2n) is 6.84. The summed E-state index contributed by atoms with van der Waals surface area (Å²) in [6, 6.07) is 9.47. The first-order valence-electron chi connectivity index (χ1n) is 9.05. The number of sulfone groups is 1. The summed E-state index contributed by atoms with van der Waals surface area (Å²) in [5.41, 5.74) is 0.941. The van der Waals surface area contributed by atoms with Gasteiger partial charge in [-0.2, -0.15) is 0 Å². The molecule has 2 aromatic rings. The Morgan fingerprint density at radius 3 is 2.71 bits per heavy atom. The van der Waals surface area contributed by atoms with Gasteiger partial charge in [0.25, 0.3) is 0 Å². The van der Waals surface area contributed by atoms with E-state index in [-0.39, 0.29) is 23.5 Å². The Labute approximate surface area is 169 Å². The first kappa shape index (κ1) is 20.6. The van der Waals surface area contributed by atoms with E-state index in [9.17, 15) is 13.2 Å². The minimum Gasteiger partial charge on any atom is -0.341 e. The fourth-order valence-corrected chi connectivity index (χ4v) is 5.96. The van der Waals surface area contributed by atoms with E-state index in [1.807, 2.05) is 41.8 Å². The van der Waals surface area contributed by atoms with E-state index in [4.69, 9.17) is 0 Å². The number of hydrogen-bond acceptors (Lipinski definition) is 6. The van der Waals surface area contributed by atoms with Crippen LogP contribution < -0.4 is 0 Å². The van der Waals surface area contributed by atoms with Gasteiger partial charge < -0.3 is 4.90 Å². The second kappa shape index (κ2) is 8.48. The van der Waals surface area contributed by atoms with Crippen molar-refractivity contribution in [2.45, 2.75) is 36.3 Å². The van der Waals surface area contributed by atoms with Crippen molar-refractivity contribution in [3.63, 3.8) is 0 Å². The lowest BCUT2D eigenvalue weighted by molar-refractivity contribution is -0.130. The van der Waals surface area contributed by atoms with Gasteiger partial charge in [0.2, 0.25) is 5.91 Å². The summed E-state index contributed by atoms with van der Waals surface area (Å²) in [4.78, 5) is 14.4. The minimum absolute atomic E-state index is 0.0391. The number of aromatic nitrogens is 3. The summed E-state index contributed by atoms with van der Waals surface area (Å²) in [5.74, 6) is 0.793. The highest BCUT2D eigenvalue weighted by Gasteiger charge is 2.34. The van der Waals surface area contributed by atoms with Crippen LogP contribution in [0.5, 0.6) is 0 Å². The van der Waals surface area contributed by atoms with Crippen molar-refractivity contribution in [2.75, 3.05) is 18.6 Å². The fraction of sp³-hybridized carbons (Fsp3) is 0.421. The number of thioether (sulfide) groups is 1. The van der Waals surface area contributed by atoms with E-state index >= 15 is 0 Å². The molecular weight excluding hydrogens is 396 g/mol. The molecule has 0 bridgehead atoms. The van der Waals surface area contributed by atoms with Crippen molar-refractivity contribution in [1.82, 2.24) is 19.7 Å². The van der Waals surface area contributed by atoms with Gasteiger partial charge >= 0.3 is 0 Å². The molecule has 9 heteroatoms. The first-order chi connectivity index (χ1) is 13.3. The highest BCUT2D eigenvalue weighted by Crippen LogP contribution is 2.28. The number of carbonyl (C=O) groups excluding carboxylic acids is 1. The van der Waals surface area contributed by atoms with Gasteiger partial charge in [-0.25, -0.2) is 8.42 Å². The topological polar surface area (TPSA) is 85.2 Å². The van der Waals surface area contributed by atoms with Gasteiger partial charge in [-0.15, -0.1) is 16.8 Å². The summed E-state index contributed by atoms with van der Waals surface area (Å²) in [6.45, 7) is 6.13. The maximum Gasteiger partial charge on any atom is 0.235 e. The minimum atomic E-state index is -3.04. The predicted molar refractivity (Wildman–Crippen MR) is 111 cm³/mol. The molecule has 7 nitrogen and oxygen atoms in total. The Morgan fingerprint density at radius 2 is 2.11 bits per heavy atom. The number of nitrogens with zero attached hydrogens (tertiary/aromatic N) is 4. The lowest BCUT2D eigenvalue weighted by Crippen LogP contribution is -2.41. The van der Waals surface area contributed by atoms with Crippen molar-refractivity contribution in [1.29, 1.82) is 0 Å². The van der Waals surface area contributed by atoms with Gasteiger partial charge in [0.1, 0.15) is 0 Å². The van der Waals surface area contributed by atoms with Gasteiger partial charge in [-0.1, -0.05) is 48.2 Å². The summed E-state index contributed by atoms with van der Waals surface area (Å²) >= 11 is 1.32. The van der Waals surface area contributed by atoms with Crippen molar-refractivity contribution < 1.29 is 13.2 Å². The molecule has 1 amide bonds. The maximum absolute atomic E-state index is 12.8. The van der Waals surface area contributed by atoms with Crippen LogP contribution in [0.3, 0.4) is 0 Å². The zero-order valence-corrected chi connectivity index (χ0v) is 17.6. The molecule has 1 aliphatic heterocycles. The predicted octanol–water partition coefficient (Wildman–Crippen LogP) is 2.26. The smallest absolute Gasteiger partial charge is 0.235 e. The summed E-state index contributed by atoms with van der Waals surface area (Å²) in [7, 11) is -1.36. The van der Waals surface area contributed by atoms with E-state index in [0.29, 0.717) is 18.1 Å².